The van der Waals surface area contributed by atoms with Crippen molar-refractivity contribution in [2.24, 2.45) is 5.73 Å². The third-order valence-electron chi connectivity index (χ3n) is 3.84. The maximum absolute atomic E-state index is 12.0. The van der Waals surface area contributed by atoms with E-state index in [1.54, 1.807) is 12.1 Å². The zero-order valence-corrected chi connectivity index (χ0v) is 13.9. The van der Waals surface area contributed by atoms with Gasteiger partial charge in [0.2, 0.25) is 0 Å². The van der Waals surface area contributed by atoms with E-state index in [1.165, 1.54) is 0 Å². The van der Waals surface area contributed by atoms with Gasteiger partial charge in [0.05, 0.1) is 16.8 Å². The van der Waals surface area contributed by atoms with Gasteiger partial charge in [0.25, 0.3) is 0 Å². The van der Waals surface area contributed by atoms with Crippen LogP contribution in [0.3, 0.4) is 0 Å². The van der Waals surface area contributed by atoms with Crippen molar-refractivity contribution in [3.8, 4) is 0 Å². The molecule has 0 aliphatic carbocycles. The number of hydrogen-bond acceptors (Lipinski definition) is 4. The number of benzene rings is 1. The van der Waals surface area contributed by atoms with Crippen molar-refractivity contribution in [1.29, 1.82) is 0 Å². The Morgan fingerprint density at radius 2 is 1.76 bits per heavy atom. The fourth-order valence-corrected chi connectivity index (χ4v) is 3.66. The molecule has 1 aromatic rings. The topological polar surface area (TPSA) is 80.4 Å². The predicted octanol–water partition coefficient (Wildman–Crippen LogP) is 2.46. The number of aliphatic hydroxyl groups is 1. The van der Waals surface area contributed by atoms with Crippen molar-refractivity contribution in [2.45, 2.75) is 63.0 Å². The minimum atomic E-state index is -3.16. The first-order valence-corrected chi connectivity index (χ1v) is 9.23. The van der Waals surface area contributed by atoms with E-state index < -0.39 is 15.9 Å². The van der Waals surface area contributed by atoms with Gasteiger partial charge in [0.1, 0.15) is 0 Å². The van der Waals surface area contributed by atoms with Crippen LogP contribution in [0.2, 0.25) is 0 Å². The summed E-state index contributed by atoms with van der Waals surface area (Å²) < 4.78 is 23.9. The molecule has 1 rings (SSSR count). The van der Waals surface area contributed by atoms with Gasteiger partial charge in [-0.05, 0) is 42.9 Å². The summed E-state index contributed by atoms with van der Waals surface area (Å²) in [6.07, 6.45) is 1.40. The molecule has 0 aromatic heterocycles. The SMILES string of the molecule is CCCS(=O)(=O)c1ccc(C(C)CC(O)C(N)CC)cc1. The van der Waals surface area contributed by atoms with Gasteiger partial charge in [0, 0.05) is 6.04 Å². The fraction of sp³-hybridized carbons (Fsp3) is 0.625. The molecule has 4 nitrogen and oxygen atoms in total. The normalized spacial score (nSPS) is 16.4. The molecule has 0 radical (unpaired) electrons. The number of sulfone groups is 1. The van der Waals surface area contributed by atoms with Crippen molar-refractivity contribution in [3.63, 3.8) is 0 Å². The predicted molar refractivity (Wildman–Crippen MR) is 86.1 cm³/mol. The summed E-state index contributed by atoms with van der Waals surface area (Å²) in [6, 6.07) is 6.76. The van der Waals surface area contributed by atoms with E-state index >= 15 is 0 Å². The molecule has 21 heavy (non-hydrogen) atoms. The first-order valence-electron chi connectivity index (χ1n) is 7.58. The second-order valence-electron chi connectivity index (χ2n) is 5.66. The van der Waals surface area contributed by atoms with Gasteiger partial charge in [-0.25, -0.2) is 8.42 Å². The van der Waals surface area contributed by atoms with Crippen LogP contribution in [-0.2, 0) is 9.84 Å². The van der Waals surface area contributed by atoms with E-state index in [9.17, 15) is 13.5 Å². The Balaban J connectivity index is 2.78. The lowest BCUT2D eigenvalue weighted by molar-refractivity contribution is 0.126. The van der Waals surface area contributed by atoms with Crippen molar-refractivity contribution < 1.29 is 13.5 Å². The highest BCUT2D eigenvalue weighted by molar-refractivity contribution is 7.91. The summed E-state index contributed by atoms with van der Waals surface area (Å²) in [4.78, 5) is 0.367. The summed E-state index contributed by atoms with van der Waals surface area (Å²) in [5, 5.41) is 9.98. The van der Waals surface area contributed by atoms with E-state index in [0.717, 1.165) is 12.0 Å². The molecule has 0 amide bonds. The molecule has 1 aromatic carbocycles. The molecule has 3 atom stereocenters. The lowest BCUT2D eigenvalue weighted by atomic mass is 9.92. The average molecular weight is 313 g/mol. The van der Waals surface area contributed by atoms with Crippen molar-refractivity contribution in [3.05, 3.63) is 29.8 Å². The number of nitrogens with two attached hydrogens (primary N) is 1. The Morgan fingerprint density at radius 3 is 2.24 bits per heavy atom. The summed E-state index contributed by atoms with van der Waals surface area (Å²) in [7, 11) is -3.16. The lowest BCUT2D eigenvalue weighted by Crippen LogP contribution is -2.34. The minimum Gasteiger partial charge on any atom is -0.391 e. The second kappa shape index (κ2) is 7.92. The molecule has 0 fully saturated rings. The largest absolute Gasteiger partial charge is 0.391 e. The smallest absolute Gasteiger partial charge is 0.178 e. The van der Waals surface area contributed by atoms with Crippen LogP contribution in [0, 0.1) is 0 Å². The van der Waals surface area contributed by atoms with Gasteiger partial charge < -0.3 is 10.8 Å². The molecule has 0 bridgehead atoms. The van der Waals surface area contributed by atoms with E-state index in [4.69, 9.17) is 5.73 Å². The number of rotatable bonds is 8. The molecule has 0 heterocycles. The molecule has 0 aliphatic rings. The van der Waals surface area contributed by atoms with Crippen LogP contribution in [0.4, 0.5) is 0 Å². The van der Waals surface area contributed by atoms with Gasteiger partial charge in [-0.1, -0.05) is 32.9 Å². The van der Waals surface area contributed by atoms with Crippen LogP contribution >= 0.6 is 0 Å². The first-order chi connectivity index (χ1) is 9.81. The minimum absolute atomic E-state index is 0.139. The van der Waals surface area contributed by atoms with Crippen LogP contribution in [0.15, 0.2) is 29.2 Å². The summed E-state index contributed by atoms with van der Waals surface area (Å²) in [5.74, 6) is 0.312. The van der Waals surface area contributed by atoms with Crippen LogP contribution < -0.4 is 5.73 Å². The Morgan fingerprint density at radius 1 is 1.19 bits per heavy atom. The highest BCUT2D eigenvalue weighted by Gasteiger charge is 2.18. The second-order valence-corrected chi connectivity index (χ2v) is 7.77. The Kier molecular flexibility index (Phi) is 6.84. The monoisotopic (exact) mass is 313 g/mol. The van der Waals surface area contributed by atoms with E-state index in [2.05, 4.69) is 0 Å². The zero-order chi connectivity index (χ0) is 16.0. The quantitative estimate of drug-likeness (QED) is 0.772. The fourth-order valence-electron chi connectivity index (χ4n) is 2.34. The Hall–Kier alpha value is -0.910. The average Bonchev–Trinajstić information content (AvgIpc) is 2.46. The van der Waals surface area contributed by atoms with Crippen LogP contribution in [0.25, 0.3) is 0 Å². The molecule has 0 spiro atoms. The van der Waals surface area contributed by atoms with Crippen LogP contribution in [-0.4, -0.2) is 31.4 Å². The molecule has 0 saturated heterocycles. The Labute approximate surface area is 128 Å². The molecule has 0 saturated carbocycles. The molecular weight excluding hydrogens is 286 g/mol. The highest BCUT2D eigenvalue weighted by atomic mass is 32.2. The maximum atomic E-state index is 12.0. The lowest BCUT2D eigenvalue weighted by Gasteiger charge is -2.21. The van der Waals surface area contributed by atoms with Gasteiger partial charge in [-0.15, -0.1) is 0 Å². The molecule has 0 aliphatic heterocycles. The molecular formula is C16H27NO3S. The first kappa shape index (κ1) is 18.1. The summed E-state index contributed by atoms with van der Waals surface area (Å²) in [5.41, 5.74) is 6.85. The summed E-state index contributed by atoms with van der Waals surface area (Å²) in [6.45, 7) is 5.82. The zero-order valence-electron chi connectivity index (χ0n) is 13.1. The van der Waals surface area contributed by atoms with Crippen LogP contribution in [0.5, 0.6) is 0 Å². The van der Waals surface area contributed by atoms with E-state index in [1.807, 2.05) is 32.9 Å². The molecule has 5 heteroatoms. The van der Waals surface area contributed by atoms with E-state index in [0.29, 0.717) is 17.7 Å². The van der Waals surface area contributed by atoms with Gasteiger partial charge in [-0.3, -0.25) is 0 Å². The standard InChI is InChI=1S/C16H27NO3S/c1-4-10-21(19,20)14-8-6-13(7-9-14)12(3)11-16(18)15(17)5-2/h6-9,12,15-16,18H,4-5,10-11,17H2,1-3H3. The number of hydrogen-bond donors (Lipinski definition) is 2. The Bertz CT molecular complexity index is 525. The maximum Gasteiger partial charge on any atom is 0.178 e. The third kappa shape index (κ3) is 5.09. The molecule has 120 valence electrons. The number of aliphatic hydroxyl groups excluding tert-OH is 1. The van der Waals surface area contributed by atoms with Gasteiger partial charge in [0.15, 0.2) is 9.84 Å². The third-order valence-corrected chi connectivity index (χ3v) is 5.78. The van der Waals surface area contributed by atoms with Gasteiger partial charge in [-0.2, -0.15) is 0 Å². The molecule has 3 N–H and O–H groups in total. The van der Waals surface area contributed by atoms with Gasteiger partial charge >= 0.3 is 0 Å². The van der Waals surface area contributed by atoms with Crippen molar-refractivity contribution in [2.75, 3.05) is 5.75 Å². The summed E-state index contributed by atoms with van der Waals surface area (Å²) >= 11 is 0. The van der Waals surface area contributed by atoms with E-state index in [-0.39, 0.29) is 17.7 Å². The molecule has 3 unspecified atom stereocenters. The van der Waals surface area contributed by atoms with Crippen molar-refractivity contribution >= 4 is 9.84 Å². The van der Waals surface area contributed by atoms with Crippen molar-refractivity contribution in [1.82, 2.24) is 0 Å². The highest BCUT2D eigenvalue weighted by Crippen LogP contribution is 2.24. The van der Waals surface area contributed by atoms with Crippen LogP contribution in [0.1, 0.15) is 51.5 Å².